The number of ether oxygens (including phenoxy) is 1. The minimum Gasteiger partial charge on any atom is -0.485 e. The van der Waals surface area contributed by atoms with E-state index in [2.05, 4.69) is 32.0 Å². The van der Waals surface area contributed by atoms with Crippen LogP contribution in [0, 0.1) is 5.92 Å². The number of benzene rings is 4. The Labute approximate surface area is 205 Å². The number of nitrogens with zero attached hydrogens (tertiary/aromatic N) is 3. The maximum Gasteiger partial charge on any atom is 0.246 e. The van der Waals surface area contributed by atoms with E-state index >= 15 is 0 Å². The molecule has 0 aliphatic carbocycles. The first-order chi connectivity index (χ1) is 17.1. The van der Waals surface area contributed by atoms with Crippen LogP contribution >= 0.6 is 0 Å². The maximum atomic E-state index is 13.6. The van der Waals surface area contributed by atoms with Crippen LogP contribution in [-0.2, 0) is 17.9 Å². The second kappa shape index (κ2) is 10.0. The Bertz CT molecular complexity index is 1450. The number of carbonyl (C=O) groups excluding carboxylic acids is 1. The lowest BCUT2D eigenvalue weighted by Crippen LogP contribution is -2.37. The molecule has 1 heterocycles. The van der Waals surface area contributed by atoms with Gasteiger partial charge in [0.2, 0.25) is 5.91 Å². The third kappa shape index (κ3) is 4.90. The number of anilines is 1. The van der Waals surface area contributed by atoms with E-state index in [1.807, 2.05) is 88.3 Å². The van der Waals surface area contributed by atoms with Gasteiger partial charge in [-0.3, -0.25) is 4.79 Å². The van der Waals surface area contributed by atoms with E-state index in [1.54, 1.807) is 0 Å². The van der Waals surface area contributed by atoms with Gasteiger partial charge in [0.25, 0.3) is 0 Å². The third-order valence-corrected chi connectivity index (χ3v) is 6.05. The molecule has 1 aromatic heterocycles. The summed E-state index contributed by atoms with van der Waals surface area (Å²) in [5.41, 5.74) is 2.69. The minimum absolute atomic E-state index is 0.0273. The van der Waals surface area contributed by atoms with Crippen molar-refractivity contribution in [3.8, 4) is 5.75 Å². The van der Waals surface area contributed by atoms with E-state index < -0.39 is 0 Å². The molecular formula is C30H29N3O2. The number of aromatic nitrogens is 2. The monoisotopic (exact) mass is 463 g/mol. The average molecular weight is 464 g/mol. The second-order valence-corrected chi connectivity index (χ2v) is 9.10. The van der Waals surface area contributed by atoms with E-state index in [0.717, 1.165) is 39.1 Å². The highest BCUT2D eigenvalue weighted by Crippen LogP contribution is 2.27. The van der Waals surface area contributed by atoms with E-state index in [4.69, 9.17) is 9.72 Å². The summed E-state index contributed by atoms with van der Waals surface area (Å²) in [5.74, 6) is 1.90. The molecule has 0 bridgehead atoms. The first kappa shape index (κ1) is 22.7. The van der Waals surface area contributed by atoms with E-state index in [9.17, 15) is 4.79 Å². The molecule has 176 valence electrons. The molecule has 0 aliphatic heterocycles. The SMILES string of the molecule is CC(C)CN(C(=O)Cn1c(COc2cccc3ccccc23)nc2ccccc21)c1ccccc1. The van der Waals surface area contributed by atoms with Crippen LogP contribution in [0.5, 0.6) is 5.75 Å². The summed E-state index contributed by atoms with van der Waals surface area (Å²) in [6, 6.07) is 32.0. The van der Waals surface area contributed by atoms with E-state index in [0.29, 0.717) is 12.5 Å². The van der Waals surface area contributed by atoms with Crippen molar-refractivity contribution in [1.29, 1.82) is 0 Å². The van der Waals surface area contributed by atoms with Crippen molar-refractivity contribution >= 4 is 33.4 Å². The number of hydrogen-bond acceptors (Lipinski definition) is 3. The van der Waals surface area contributed by atoms with Gasteiger partial charge in [-0.05, 0) is 41.6 Å². The van der Waals surface area contributed by atoms with Crippen LogP contribution < -0.4 is 9.64 Å². The van der Waals surface area contributed by atoms with Gasteiger partial charge in [-0.2, -0.15) is 0 Å². The Balaban J connectivity index is 1.46. The molecule has 1 amide bonds. The molecule has 5 heteroatoms. The van der Waals surface area contributed by atoms with Crippen LogP contribution in [0.1, 0.15) is 19.7 Å². The second-order valence-electron chi connectivity index (χ2n) is 9.10. The molecule has 0 unspecified atom stereocenters. The smallest absolute Gasteiger partial charge is 0.246 e. The first-order valence-electron chi connectivity index (χ1n) is 12.0. The Morgan fingerprint density at radius 3 is 2.43 bits per heavy atom. The summed E-state index contributed by atoms with van der Waals surface area (Å²) < 4.78 is 8.24. The van der Waals surface area contributed by atoms with Crippen LogP contribution in [0.25, 0.3) is 21.8 Å². The van der Waals surface area contributed by atoms with Crippen molar-refractivity contribution in [2.24, 2.45) is 5.92 Å². The van der Waals surface area contributed by atoms with Gasteiger partial charge >= 0.3 is 0 Å². The molecule has 0 atom stereocenters. The highest BCUT2D eigenvalue weighted by Gasteiger charge is 2.21. The first-order valence-corrected chi connectivity index (χ1v) is 12.0. The molecule has 5 rings (SSSR count). The highest BCUT2D eigenvalue weighted by atomic mass is 16.5. The number of fused-ring (bicyclic) bond motifs is 2. The Morgan fingerprint density at radius 1 is 0.886 bits per heavy atom. The summed E-state index contributed by atoms with van der Waals surface area (Å²) in [4.78, 5) is 20.3. The van der Waals surface area contributed by atoms with E-state index in [1.165, 1.54) is 0 Å². The molecule has 5 aromatic rings. The van der Waals surface area contributed by atoms with Crippen molar-refractivity contribution in [3.05, 3.63) is 103 Å². The lowest BCUT2D eigenvalue weighted by molar-refractivity contribution is -0.119. The van der Waals surface area contributed by atoms with Gasteiger partial charge in [0.1, 0.15) is 24.7 Å². The Kier molecular flexibility index (Phi) is 6.49. The highest BCUT2D eigenvalue weighted by molar-refractivity contribution is 5.94. The van der Waals surface area contributed by atoms with Crippen molar-refractivity contribution in [1.82, 2.24) is 9.55 Å². The molecule has 0 saturated heterocycles. The van der Waals surface area contributed by atoms with Crippen molar-refractivity contribution < 1.29 is 9.53 Å². The third-order valence-electron chi connectivity index (χ3n) is 6.05. The van der Waals surface area contributed by atoms with Crippen molar-refractivity contribution in [3.63, 3.8) is 0 Å². The Hall–Kier alpha value is -4.12. The summed E-state index contributed by atoms with van der Waals surface area (Å²) in [5, 5.41) is 2.18. The average Bonchev–Trinajstić information content (AvgIpc) is 3.23. The topological polar surface area (TPSA) is 47.4 Å². The zero-order valence-corrected chi connectivity index (χ0v) is 20.1. The van der Waals surface area contributed by atoms with Gasteiger partial charge < -0.3 is 14.2 Å². The lowest BCUT2D eigenvalue weighted by atomic mass is 10.1. The maximum absolute atomic E-state index is 13.6. The number of hydrogen-bond donors (Lipinski definition) is 0. The van der Waals surface area contributed by atoms with Gasteiger partial charge in [-0.1, -0.05) is 80.6 Å². The normalized spacial score (nSPS) is 11.3. The number of rotatable bonds is 8. The van der Waals surface area contributed by atoms with Gasteiger partial charge in [-0.25, -0.2) is 4.98 Å². The lowest BCUT2D eigenvalue weighted by Gasteiger charge is -2.25. The largest absolute Gasteiger partial charge is 0.485 e. The fraction of sp³-hybridized carbons (Fsp3) is 0.200. The molecule has 5 nitrogen and oxygen atoms in total. The molecule has 0 saturated carbocycles. The number of amides is 1. The standard InChI is InChI=1S/C30H29N3O2/c1-22(2)19-32(24-13-4-3-5-14-24)30(34)20-33-27-17-9-8-16-26(27)31-29(33)21-35-28-18-10-12-23-11-6-7-15-25(23)28/h3-18,22H,19-21H2,1-2H3. The van der Waals surface area contributed by atoms with Crippen LogP contribution in [0.4, 0.5) is 5.69 Å². The Morgan fingerprint density at radius 2 is 1.60 bits per heavy atom. The fourth-order valence-corrected chi connectivity index (χ4v) is 4.42. The minimum atomic E-state index is 0.0273. The van der Waals surface area contributed by atoms with Gasteiger partial charge in [0.15, 0.2) is 0 Å². The summed E-state index contributed by atoms with van der Waals surface area (Å²) >= 11 is 0. The van der Waals surface area contributed by atoms with E-state index in [-0.39, 0.29) is 19.1 Å². The summed E-state index contributed by atoms with van der Waals surface area (Å²) in [7, 11) is 0. The van der Waals surface area contributed by atoms with Crippen LogP contribution in [-0.4, -0.2) is 22.0 Å². The van der Waals surface area contributed by atoms with Crippen LogP contribution in [0.2, 0.25) is 0 Å². The van der Waals surface area contributed by atoms with Gasteiger partial charge in [-0.15, -0.1) is 0 Å². The number of imidazole rings is 1. The zero-order chi connectivity index (χ0) is 24.2. The molecule has 0 aliphatic rings. The number of para-hydroxylation sites is 3. The van der Waals surface area contributed by atoms with Crippen molar-refractivity contribution in [2.75, 3.05) is 11.4 Å². The molecule has 0 N–H and O–H groups in total. The molecule has 35 heavy (non-hydrogen) atoms. The van der Waals surface area contributed by atoms with Crippen LogP contribution in [0.3, 0.4) is 0 Å². The zero-order valence-electron chi connectivity index (χ0n) is 20.1. The molecule has 0 spiro atoms. The predicted octanol–water partition coefficient (Wildman–Crippen LogP) is 6.46. The fourth-order valence-electron chi connectivity index (χ4n) is 4.42. The summed E-state index contributed by atoms with van der Waals surface area (Å²) in [6.45, 7) is 5.36. The summed E-state index contributed by atoms with van der Waals surface area (Å²) in [6.07, 6.45) is 0. The van der Waals surface area contributed by atoms with Gasteiger partial charge in [0.05, 0.1) is 11.0 Å². The van der Waals surface area contributed by atoms with Crippen LogP contribution in [0.15, 0.2) is 97.1 Å². The number of carbonyl (C=O) groups is 1. The quantitative estimate of drug-likeness (QED) is 0.265. The van der Waals surface area contributed by atoms with Gasteiger partial charge in [0, 0.05) is 17.6 Å². The predicted molar refractivity (Wildman–Crippen MR) is 142 cm³/mol. The molecular weight excluding hydrogens is 434 g/mol. The molecule has 0 fully saturated rings. The molecule has 4 aromatic carbocycles. The molecule has 0 radical (unpaired) electrons. The van der Waals surface area contributed by atoms with Crippen molar-refractivity contribution in [2.45, 2.75) is 27.0 Å².